The molecule has 1 saturated heterocycles. The van der Waals surface area contributed by atoms with E-state index in [1.165, 1.54) is 4.90 Å². The molecule has 1 fully saturated rings. The summed E-state index contributed by atoms with van der Waals surface area (Å²) in [6, 6.07) is 16.5. The molecule has 0 aliphatic carbocycles. The van der Waals surface area contributed by atoms with Crippen molar-refractivity contribution in [1.82, 2.24) is 0 Å². The molecule has 0 unspecified atom stereocenters. The van der Waals surface area contributed by atoms with Crippen LogP contribution in [-0.2, 0) is 4.79 Å². The van der Waals surface area contributed by atoms with Gasteiger partial charge in [0.2, 0.25) is 0 Å². The molecule has 2 amide bonds. The van der Waals surface area contributed by atoms with Gasteiger partial charge in [-0.25, -0.2) is 4.90 Å². The van der Waals surface area contributed by atoms with Crippen LogP contribution in [0.1, 0.15) is 5.56 Å². The lowest BCUT2D eigenvalue weighted by Crippen LogP contribution is -2.27. The SMILES string of the molecule is O=C1S/C(=C\c2cccc(Br)c2)C(=O)N1c1ccccc1. The number of nitrogens with zero attached hydrogens (tertiary/aromatic N) is 1. The number of amides is 2. The van der Waals surface area contributed by atoms with Gasteiger partial charge in [0.1, 0.15) is 0 Å². The molecule has 0 aromatic heterocycles. The largest absolute Gasteiger partial charge is 0.298 e. The van der Waals surface area contributed by atoms with Crippen LogP contribution in [0.4, 0.5) is 10.5 Å². The molecule has 0 radical (unpaired) electrons. The van der Waals surface area contributed by atoms with Crippen molar-refractivity contribution >= 4 is 50.6 Å². The van der Waals surface area contributed by atoms with E-state index in [4.69, 9.17) is 0 Å². The standard InChI is InChI=1S/C16H10BrNO2S/c17-12-6-4-5-11(9-12)10-14-15(19)18(16(20)21-14)13-7-2-1-3-8-13/h1-10H/b14-10-. The second-order valence-corrected chi connectivity index (χ2v) is 6.32. The summed E-state index contributed by atoms with van der Waals surface area (Å²) in [5.74, 6) is -0.281. The van der Waals surface area contributed by atoms with E-state index in [0.717, 1.165) is 21.8 Å². The summed E-state index contributed by atoms with van der Waals surface area (Å²) in [5.41, 5.74) is 1.47. The molecule has 2 aromatic rings. The van der Waals surface area contributed by atoms with E-state index in [1.54, 1.807) is 30.3 Å². The van der Waals surface area contributed by atoms with Gasteiger partial charge in [-0.05, 0) is 47.7 Å². The fourth-order valence-electron chi connectivity index (χ4n) is 2.02. The van der Waals surface area contributed by atoms with Crippen LogP contribution in [0.25, 0.3) is 6.08 Å². The smallest absolute Gasteiger partial charge is 0.268 e. The normalized spacial score (nSPS) is 16.8. The molecule has 3 nitrogen and oxygen atoms in total. The third-order valence-electron chi connectivity index (χ3n) is 2.95. The lowest BCUT2D eigenvalue weighted by molar-refractivity contribution is -0.113. The molecule has 0 saturated carbocycles. The van der Waals surface area contributed by atoms with Gasteiger partial charge in [0, 0.05) is 4.47 Å². The molecule has 2 aromatic carbocycles. The highest BCUT2D eigenvalue weighted by atomic mass is 79.9. The third kappa shape index (κ3) is 2.94. The second kappa shape index (κ2) is 5.87. The first-order valence-corrected chi connectivity index (χ1v) is 7.85. The Kier molecular flexibility index (Phi) is 3.94. The Morgan fingerprint density at radius 2 is 1.76 bits per heavy atom. The van der Waals surface area contributed by atoms with Crippen LogP contribution < -0.4 is 4.90 Å². The molecule has 1 heterocycles. The van der Waals surface area contributed by atoms with Gasteiger partial charge in [0.15, 0.2) is 0 Å². The number of para-hydroxylation sites is 1. The molecule has 0 N–H and O–H groups in total. The topological polar surface area (TPSA) is 37.4 Å². The summed E-state index contributed by atoms with van der Waals surface area (Å²) in [5, 5.41) is -0.271. The zero-order chi connectivity index (χ0) is 14.8. The van der Waals surface area contributed by atoms with E-state index < -0.39 is 0 Å². The van der Waals surface area contributed by atoms with Gasteiger partial charge in [-0.2, -0.15) is 0 Å². The lowest BCUT2D eigenvalue weighted by atomic mass is 10.2. The molecule has 0 atom stereocenters. The Hall–Kier alpha value is -1.85. The summed E-state index contributed by atoms with van der Waals surface area (Å²) in [4.78, 5) is 26.1. The minimum absolute atomic E-state index is 0.271. The number of halogens is 1. The zero-order valence-electron chi connectivity index (χ0n) is 10.8. The van der Waals surface area contributed by atoms with Crippen LogP contribution in [0, 0.1) is 0 Å². The number of thioether (sulfide) groups is 1. The van der Waals surface area contributed by atoms with Crippen molar-refractivity contribution < 1.29 is 9.59 Å². The van der Waals surface area contributed by atoms with Gasteiger partial charge in [0.05, 0.1) is 10.6 Å². The van der Waals surface area contributed by atoms with Crippen LogP contribution in [0.5, 0.6) is 0 Å². The van der Waals surface area contributed by atoms with Crippen molar-refractivity contribution in [2.24, 2.45) is 0 Å². The van der Waals surface area contributed by atoms with E-state index in [1.807, 2.05) is 30.3 Å². The maximum Gasteiger partial charge on any atom is 0.298 e. The summed E-state index contributed by atoms with van der Waals surface area (Å²) < 4.78 is 0.929. The monoisotopic (exact) mass is 359 g/mol. The van der Waals surface area contributed by atoms with Crippen molar-refractivity contribution in [3.8, 4) is 0 Å². The molecule has 0 bridgehead atoms. The third-order valence-corrected chi connectivity index (χ3v) is 4.32. The van der Waals surface area contributed by atoms with Crippen molar-refractivity contribution in [2.75, 3.05) is 4.90 Å². The Bertz CT molecular complexity index is 743. The summed E-state index contributed by atoms with van der Waals surface area (Å²) in [6.45, 7) is 0. The minimum atomic E-state index is -0.281. The van der Waals surface area contributed by atoms with Crippen molar-refractivity contribution in [3.63, 3.8) is 0 Å². The highest BCUT2D eigenvalue weighted by molar-refractivity contribution is 9.10. The van der Waals surface area contributed by atoms with Gasteiger partial charge < -0.3 is 0 Å². The Morgan fingerprint density at radius 3 is 2.48 bits per heavy atom. The number of benzene rings is 2. The summed E-state index contributed by atoms with van der Waals surface area (Å²) in [6.07, 6.45) is 1.73. The fourth-order valence-corrected chi connectivity index (χ4v) is 3.27. The van der Waals surface area contributed by atoms with E-state index in [-0.39, 0.29) is 11.1 Å². The highest BCUT2D eigenvalue weighted by Gasteiger charge is 2.36. The molecule has 21 heavy (non-hydrogen) atoms. The summed E-state index contributed by atoms with van der Waals surface area (Å²) in [7, 11) is 0. The molecule has 1 aliphatic rings. The van der Waals surface area contributed by atoms with Gasteiger partial charge in [0.25, 0.3) is 11.1 Å². The van der Waals surface area contributed by atoms with Crippen LogP contribution in [-0.4, -0.2) is 11.1 Å². The van der Waals surface area contributed by atoms with Crippen molar-refractivity contribution in [1.29, 1.82) is 0 Å². The number of anilines is 1. The number of hydrogen-bond donors (Lipinski definition) is 0. The molecule has 5 heteroatoms. The fraction of sp³-hybridized carbons (Fsp3) is 0. The van der Waals surface area contributed by atoms with Gasteiger partial charge >= 0.3 is 0 Å². The van der Waals surface area contributed by atoms with Gasteiger partial charge in [-0.3, -0.25) is 9.59 Å². The van der Waals surface area contributed by atoms with E-state index in [9.17, 15) is 9.59 Å². The summed E-state index contributed by atoms with van der Waals surface area (Å²) >= 11 is 4.35. The first-order chi connectivity index (χ1) is 10.1. The van der Waals surface area contributed by atoms with Crippen molar-refractivity contribution in [2.45, 2.75) is 0 Å². The molecular formula is C16H10BrNO2S. The van der Waals surface area contributed by atoms with Crippen LogP contribution >= 0.6 is 27.7 Å². The molecule has 104 valence electrons. The number of hydrogen-bond acceptors (Lipinski definition) is 3. The lowest BCUT2D eigenvalue weighted by Gasteiger charge is -2.11. The average Bonchev–Trinajstić information content (AvgIpc) is 2.74. The molecular weight excluding hydrogens is 350 g/mol. The maximum atomic E-state index is 12.4. The van der Waals surface area contributed by atoms with E-state index in [2.05, 4.69) is 15.9 Å². The predicted octanol–water partition coefficient (Wildman–Crippen LogP) is 4.69. The van der Waals surface area contributed by atoms with Crippen LogP contribution in [0.15, 0.2) is 64.0 Å². The first kappa shape index (κ1) is 14.1. The number of rotatable bonds is 2. The molecule has 3 rings (SSSR count). The van der Waals surface area contributed by atoms with Crippen LogP contribution in [0.3, 0.4) is 0 Å². The quantitative estimate of drug-likeness (QED) is 0.729. The maximum absolute atomic E-state index is 12.4. The number of carbonyl (C=O) groups is 2. The Labute approximate surface area is 134 Å². The van der Waals surface area contributed by atoms with Crippen LogP contribution in [0.2, 0.25) is 0 Å². The predicted molar refractivity (Wildman–Crippen MR) is 89.0 cm³/mol. The second-order valence-electron chi connectivity index (χ2n) is 4.41. The molecule has 1 aliphatic heterocycles. The minimum Gasteiger partial charge on any atom is -0.268 e. The molecule has 0 spiro atoms. The average molecular weight is 360 g/mol. The van der Waals surface area contributed by atoms with Crippen molar-refractivity contribution in [3.05, 3.63) is 69.5 Å². The van der Waals surface area contributed by atoms with E-state index in [0.29, 0.717) is 10.6 Å². The van der Waals surface area contributed by atoms with Gasteiger partial charge in [-0.1, -0.05) is 46.3 Å². The van der Waals surface area contributed by atoms with E-state index >= 15 is 0 Å². The Morgan fingerprint density at radius 1 is 1.00 bits per heavy atom. The number of imide groups is 1. The Balaban J connectivity index is 1.94. The first-order valence-electron chi connectivity index (χ1n) is 6.24. The number of carbonyl (C=O) groups excluding carboxylic acids is 2. The highest BCUT2D eigenvalue weighted by Crippen LogP contribution is 2.35. The van der Waals surface area contributed by atoms with Gasteiger partial charge in [-0.15, -0.1) is 0 Å². The zero-order valence-corrected chi connectivity index (χ0v) is 13.2.